The van der Waals surface area contributed by atoms with Crippen molar-refractivity contribution >= 4 is 0 Å². The van der Waals surface area contributed by atoms with E-state index in [1.54, 1.807) is 0 Å². The smallest absolute Gasteiger partial charge is 0.000954 e. The molecule has 0 radical (unpaired) electrons. The molecule has 1 unspecified atom stereocenters. The first-order valence-electron chi connectivity index (χ1n) is 7.58. The SMILES string of the molecule is CCN(CCC(CN)CC(C)C)CC1CCC1. The van der Waals surface area contributed by atoms with Gasteiger partial charge < -0.3 is 10.6 Å². The van der Waals surface area contributed by atoms with Gasteiger partial charge in [-0.15, -0.1) is 0 Å². The molecule has 102 valence electrons. The van der Waals surface area contributed by atoms with Crippen LogP contribution in [0.15, 0.2) is 0 Å². The van der Waals surface area contributed by atoms with Crippen LogP contribution in [0.25, 0.3) is 0 Å². The third-order valence-electron chi connectivity index (χ3n) is 4.18. The molecule has 1 fully saturated rings. The average Bonchev–Trinajstić information content (AvgIpc) is 2.24. The van der Waals surface area contributed by atoms with Crippen molar-refractivity contribution in [2.24, 2.45) is 23.5 Å². The normalized spacial score (nSPS) is 18.7. The van der Waals surface area contributed by atoms with Crippen LogP contribution in [0.4, 0.5) is 0 Å². The highest BCUT2D eigenvalue weighted by Gasteiger charge is 2.20. The second kappa shape index (κ2) is 8.10. The van der Waals surface area contributed by atoms with E-state index in [9.17, 15) is 0 Å². The van der Waals surface area contributed by atoms with Crippen LogP contribution in [-0.4, -0.2) is 31.1 Å². The van der Waals surface area contributed by atoms with E-state index in [2.05, 4.69) is 25.7 Å². The van der Waals surface area contributed by atoms with E-state index in [0.717, 1.165) is 24.3 Å². The lowest BCUT2D eigenvalue weighted by Crippen LogP contribution is -2.34. The predicted octanol–water partition coefficient (Wildman–Crippen LogP) is 3.12. The molecule has 2 nitrogen and oxygen atoms in total. The first-order chi connectivity index (χ1) is 8.15. The molecule has 0 saturated heterocycles. The van der Waals surface area contributed by atoms with Crippen molar-refractivity contribution in [1.29, 1.82) is 0 Å². The summed E-state index contributed by atoms with van der Waals surface area (Å²) in [6.07, 6.45) is 6.96. The van der Waals surface area contributed by atoms with Gasteiger partial charge >= 0.3 is 0 Å². The van der Waals surface area contributed by atoms with Gasteiger partial charge in [-0.3, -0.25) is 0 Å². The Morgan fingerprint density at radius 2 is 2.00 bits per heavy atom. The van der Waals surface area contributed by atoms with Crippen LogP contribution < -0.4 is 5.73 Å². The highest BCUT2D eigenvalue weighted by atomic mass is 15.1. The molecule has 0 aromatic heterocycles. The van der Waals surface area contributed by atoms with Gasteiger partial charge in [-0.05, 0) is 63.1 Å². The highest BCUT2D eigenvalue weighted by Crippen LogP contribution is 2.27. The van der Waals surface area contributed by atoms with E-state index in [-0.39, 0.29) is 0 Å². The molecule has 0 heterocycles. The summed E-state index contributed by atoms with van der Waals surface area (Å²) in [4.78, 5) is 2.63. The third-order valence-corrected chi connectivity index (χ3v) is 4.18. The molecule has 0 amide bonds. The lowest BCUT2D eigenvalue weighted by Gasteiger charge is -2.32. The van der Waals surface area contributed by atoms with E-state index in [1.165, 1.54) is 51.7 Å². The molecule has 1 atom stereocenters. The highest BCUT2D eigenvalue weighted by molar-refractivity contribution is 4.74. The summed E-state index contributed by atoms with van der Waals surface area (Å²) in [5, 5.41) is 0. The number of hydrogen-bond acceptors (Lipinski definition) is 2. The molecule has 17 heavy (non-hydrogen) atoms. The van der Waals surface area contributed by atoms with E-state index >= 15 is 0 Å². The molecule has 0 aromatic rings. The van der Waals surface area contributed by atoms with Crippen LogP contribution in [0.2, 0.25) is 0 Å². The molecular weight excluding hydrogens is 208 g/mol. The van der Waals surface area contributed by atoms with Crippen molar-refractivity contribution in [3.8, 4) is 0 Å². The third kappa shape index (κ3) is 5.87. The number of nitrogens with zero attached hydrogens (tertiary/aromatic N) is 1. The van der Waals surface area contributed by atoms with Crippen LogP contribution in [0.5, 0.6) is 0 Å². The van der Waals surface area contributed by atoms with Crippen molar-refractivity contribution in [3.63, 3.8) is 0 Å². The van der Waals surface area contributed by atoms with Gasteiger partial charge in [-0.2, -0.15) is 0 Å². The van der Waals surface area contributed by atoms with Gasteiger partial charge in [0.05, 0.1) is 0 Å². The molecular formula is C15H32N2. The summed E-state index contributed by atoms with van der Waals surface area (Å²) in [6.45, 7) is 11.5. The molecule has 1 aliphatic carbocycles. The van der Waals surface area contributed by atoms with E-state index in [1.807, 2.05) is 0 Å². The molecule has 1 saturated carbocycles. The number of hydrogen-bond donors (Lipinski definition) is 1. The number of nitrogens with two attached hydrogens (primary N) is 1. The van der Waals surface area contributed by atoms with E-state index < -0.39 is 0 Å². The van der Waals surface area contributed by atoms with Gasteiger partial charge in [0.2, 0.25) is 0 Å². The van der Waals surface area contributed by atoms with Gasteiger partial charge in [0.15, 0.2) is 0 Å². The summed E-state index contributed by atoms with van der Waals surface area (Å²) in [7, 11) is 0. The fourth-order valence-corrected chi connectivity index (χ4v) is 2.78. The van der Waals surface area contributed by atoms with Crippen molar-refractivity contribution in [2.45, 2.75) is 52.9 Å². The Morgan fingerprint density at radius 3 is 2.41 bits per heavy atom. The quantitative estimate of drug-likeness (QED) is 0.671. The van der Waals surface area contributed by atoms with Gasteiger partial charge in [0, 0.05) is 6.54 Å². The Hall–Kier alpha value is -0.0800. The molecule has 1 rings (SSSR count). The minimum Gasteiger partial charge on any atom is -0.330 e. The van der Waals surface area contributed by atoms with Gasteiger partial charge in [0.1, 0.15) is 0 Å². The minimum absolute atomic E-state index is 0.727. The molecule has 0 aliphatic heterocycles. The number of rotatable bonds is 9. The standard InChI is InChI=1S/C15H32N2/c1-4-17(12-14-6-5-7-14)9-8-15(11-16)10-13(2)3/h13-15H,4-12,16H2,1-3H3. The van der Waals surface area contributed by atoms with E-state index in [4.69, 9.17) is 5.73 Å². The first-order valence-corrected chi connectivity index (χ1v) is 7.58. The fourth-order valence-electron chi connectivity index (χ4n) is 2.78. The topological polar surface area (TPSA) is 29.3 Å². The maximum Gasteiger partial charge on any atom is 0.000954 e. The summed E-state index contributed by atoms with van der Waals surface area (Å²) < 4.78 is 0. The zero-order valence-electron chi connectivity index (χ0n) is 12.1. The molecule has 0 aromatic carbocycles. The average molecular weight is 240 g/mol. The van der Waals surface area contributed by atoms with Crippen molar-refractivity contribution in [3.05, 3.63) is 0 Å². The molecule has 0 spiro atoms. The minimum atomic E-state index is 0.727. The van der Waals surface area contributed by atoms with Crippen LogP contribution in [0.1, 0.15) is 52.9 Å². The monoisotopic (exact) mass is 240 g/mol. The van der Waals surface area contributed by atoms with Gasteiger partial charge in [0.25, 0.3) is 0 Å². The fraction of sp³-hybridized carbons (Fsp3) is 1.00. The summed E-state index contributed by atoms with van der Waals surface area (Å²) in [6, 6.07) is 0. The summed E-state index contributed by atoms with van der Waals surface area (Å²) >= 11 is 0. The zero-order valence-corrected chi connectivity index (χ0v) is 12.1. The summed E-state index contributed by atoms with van der Waals surface area (Å²) in [5.74, 6) is 2.51. The first kappa shape index (κ1) is 15.0. The molecule has 0 bridgehead atoms. The maximum atomic E-state index is 5.87. The van der Waals surface area contributed by atoms with Crippen LogP contribution in [-0.2, 0) is 0 Å². The Morgan fingerprint density at radius 1 is 1.29 bits per heavy atom. The lowest BCUT2D eigenvalue weighted by molar-refractivity contribution is 0.173. The molecule has 2 N–H and O–H groups in total. The molecule has 1 aliphatic rings. The Bertz CT molecular complexity index is 187. The maximum absolute atomic E-state index is 5.87. The summed E-state index contributed by atoms with van der Waals surface area (Å²) in [5.41, 5.74) is 5.87. The van der Waals surface area contributed by atoms with Crippen molar-refractivity contribution in [1.82, 2.24) is 4.90 Å². The second-order valence-electron chi connectivity index (χ2n) is 6.21. The molecule has 2 heteroatoms. The lowest BCUT2D eigenvalue weighted by atomic mass is 9.85. The van der Waals surface area contributed by atoms with Crippen LogP contribution >= 0.6 is 0 Å². The van der Waals surface area contributed by atoms with Crippen LogP contribution in [0, 0.1) is 17.8 Å². The van der Waals surface area contributed by atoms with E-state index in [0.29, 0.717) is 0 Å². The Kier molecular flexibility index (Phi) is 7.14. The van der Waals surface area contributed by atoms with Gasteiger partial charge in [-0.1, -0.05) is 27.2 Å². The Labute approximate surface area is 108 Å². The largest absolute Gasteiger partial charge is 0.330 e. The second-order valence-corrected chi connectivity index (χ2v) is 6.21. The predicted molar refractivity (Wildman–Crippen MR) is 76.1 cm³/mol. The van der Waals surface area contributed by atoms with Crippen molar-refractivity contribution in [2.75, 3.05) is 26.2 Å². The Balaban J connectivity index is 2.19. The van der Waals surface area contributed by atoms with Crippen LogP contribution in [0.3, 0.4) is 0 Å². The van der Waals surface area contributed by atoms with Crippen molar-refractivity contribution < 1.29 is 0 Å². The zero-order chi connectivity index (χ0) is 12.7. The van der Waals surface area contributed by atoms with Gasteiger partial charge in [-0.25, -0.2) is 0 Å².